The highest BCUT2D eigenvalue weighted by molar-refractivity contribution is 9.10. The van der Waals surface area contributed by atoms with Crippen LogP contribution in [-0.2, 0) is 13.1 Å². The highest BCUT2D eigenvalue weighted by Crippen LogP contribution is 2.21. The Hall–Kier alpha value is -1.39. The highest BCUT2D eigenvalue weighted by atomic mass is 79.9. The van der Waals surface area contributed by atoms with E-state index in [0.29, 0.717) is 6.54 Å². The van der Waals surface area contributed by atoms with Crippen LogP contribution in [0.2, 0.25) is 0 Å². The van der Waals surface area contributed by atoms with Crippen molar-refractivity contribution in [3.63, 3.8) is 0 Å². The molecule has 0 amide bonds. The van der Waals surface area contributed by atoms with Crippen molar-refractivity contribution in [1.82, 2.24) is 4.98 Å². The monoisotopic (exact) mass is 291 g/mol. The van der Waals surface area contributed by atoms with Crippen LogP contribution < -0.4 is 11.1 Å². The molecule has 1 heterocycles. The molecule has 0 aliphatic carbocycles. The number of nitrogens with two attached hydrogens (primary N) is 1. The molecule has 0 radical (unpaired) electrons. The van der Waals surface area contributed by atoms with E-state index < -0.39 is 0 Å². The lowest BCUT2D eigenvalue weighted by Crippen LogP contribution is -2.03. The maximum Gasteiger partial charge on any atom is 0.0539 e. The second-order valence-electron chi connectivity index (χ2n) is 3.70. The molecule has 0 saturated carbocycles. The van der Waals surface area contributed by atoms with Crippen LogP contribution in [0.25, 0.3) is 0 Å². The van der Waals surface area contributed by atoms with Crippen molar-refractivity contribution < 1.29 is 0 Å². The molecule has 1 aromatic carbocycles. The first-order valence-corrected chi connectivity index (χ1v) is 6.21. The van der Waals surface area contributed by atoms with E-state index in [1.54, 1.807) is 0 Å². The molecule has 0 fully saturated rings. The number of nitrogens with zero attached hydrogens (tertiary/aromatic N) is 1. The zero-order chi connectivity index (χ0) is 12.1. The Labute approximate surface area is 109 Å². The number of hydrogen-bond donors (Lipinski definition) is 2. The molecule has 1 aromatic heterocycles. The maximum absolute atomic E-state index is 5.50. The molecule has 2 rings (SSSR count). The number of aromatic nitrogens is 1. The first-order chi connectivity index (χ1) is 8.29. The average molecular weight is 292 g/mol. The Kier molecular flexibility index (Phi) is 4.12. The molecule has 0 aliphatic heterocycles. The summed E-state index contributed by atoms with van der Waals surface area (Å²) in [5.74, 6) is 0. The first-order valence-electron chi connectivity index (χ1n) is 5.42. The topological polar surface area (TPSA) is 50.9 Å². The van der Waals surface area contributed by atoms with Gasteiger partial charge in [-0.1, -0.05) is 18.2 Å². The third-order valence-electron chi connectivity index (χ3n) is 2.45. The zero-order valence-corrected chi connectivity index (χ0v) is 10.9. The fourth-order valence-electron chi connectivity index (χ4n) is 1.48. The minimum absolute atomic E-state index is 0.484. The van der Waals surface area contributed by atoms with E-state index in [4.69, 9.17) is 5.73 Å². The van der Waals surface area contributed by atoms with Crippen LogP contribution in [0.3, 0.4) is 0 Å². The van der Waals surface area contributed by atoms with Crippen LogP contribution in [0.1, 0.15) is 11.3 Å². The lowest BCUT2D eigenvalue weighted by molar-refractivity contribution is 0.973. The van der Waals surface area contributed by atoms with Crippen molar-refractivity contribution in [3.8, 4) is 0 Å². The molecule has 17 heavy (non-hydrogen) atoms. The predicted octanol–water partition coefficient (Wildman–Crippen LogP) is 2.91. The van der Waals surface area contributed by atoms with Gasteiger partial charge in [0.25, 0.3) is 0 Å². The Balaban J connectivity index is 2.00. The number of halogens is 1. The molecule has 0 atom stereocenters. The molecular formula is C13H14BrN3. The summed E-state index contributed by atoms with van der Waals surface area (Å²) in [6, 6.07) is 12.0. The van der Waals surface area contributed by atoms with Gasteiger partial charge in [-0.25, -0.2) is 0 Å². The summed E-state index contributed by atoms with van der Waals surface area (Å²) in [6.07, 6.45) is 1.85. The predicted molar refractivity (Wildman–Crippen MR) is 73.6 cm³/mol. The number of pyridine rings is 1. The maximum atomic E-state index is 5.50. The summed E-state index contributed by atoms with van der Waals surface area (Å²) >= 11 is 3.50. The first kappa shape index (κ1) is 12.1. The Morgan fingerprint density at radius 3 is 2.65 bits per heavy atom. The number of hydrogen-bond acceptors (Lipinski definition) is 3. The Morgan fingerprint density at radius 2 is 2.00 bits per heavy atom. The molecule has 0 aliphatic rings. The van der Waals surface area contributed by atoms with Crippen LogP contribution in [0.5, 0.6) is 0 Å². The van der Waals surface area contributed by atoms with E-state index in [1.165, 1.54) is 0 Å². The molecule has 3 nitrogen and oxygen atoms in total. The van der Waals surface area contributed by atoms with Gasteiger partial charge in [0.15, 0.2) is 0 Å². The van der Waals surface area contributed by atoms with E-state index in [2.05, 4.69) is 26.2 Å². The van der Waals surface area contributed by atoms with Gasteiger partial charge in [0.2, 0.25) is 0 Å². The van der Waals surface area contributed by atoms with Gasteiger partial charge in [-0.2, -0.15) is 0 Å². The molecular weight excluding hydrogens is 278 g/mol. The van der Waals surface area contributed by atoms with Gasteiger partial charge >= 0.3 is 0 Å². The van der Waals surface area contributed by atoms with Crippen LogP contribution in [0.4, 0.5) is 5.69 Å². The summed E-state index contributed by atoms with van der Waals surface area (Å²) in [5.41, 5.74) is 8.63. The summed E-state index contributed by atoms with van der Waals surface area (Å²) in [7, 11) is 0. The number of rotatable bonds is 4. The van der Waals surface area contributed by atoms with Gasteiger partial charge in [-0.15, -0.1) is 0 Å². The van der Waals surface area contributed by atoms with Gasteiger partial charge in [0, 0.05) is 29.4 Å². The number of nitrogens with one attached hydrogen (secondary N) is 1. The summed E-state index contributed by atoms with van der Waals surface area (Å²) in [6.45, 7) is 1.23. The van der Waals surface area contributed by atoms with Crippen molar-refractivity contribution in [2.45, 2.75) is 13.1 Å². The van der Waals surface area contributed by atoms with Gasteiger partial charge in [-0.05, 0) is 39.7 Å². The van der Waals surface area contributed by atoms with Crippen molar-refractivity contribution in [2.24, 2.45) is 5.73 Å². The van der Waals surface area contributed by atoms with E-state index >= 15 is 0 Å². The standard InChI is InChI=1S/C13H14BrN3/c14-12-3-1-2-4-13(12)17-9-10-5-6-11(7-15)16-8-10/h1-6,8,17H,7,9,15H2. The molecule has 0 bridgehead atoms. The molecule has 88 valence electrons. The molecule has 3 N–H and O–H groups in total. The van der Waals surface area contributed by atoms with E-state index in [1.807, 2.05) is 42.6 Å². The smallest absolute Gasteiger partial charge is 0.0539 e. The third kappa shape index (κ3) is 3.28. The lowest BCUT2D eigenvalue weighted by Gasteiger charge is -2.08. The normalized spacial score (nSPS) is 10.2. The van der Waals surface area contributed by atoms with Gasteiger partial charge in [0.1, 0.15) is 0 Å². The third-order valence-corrected chi connectivity index (χ3v) is 3.14. The van der Waals surface area contributed by atoms with Crippen molar-refractivity contribution in [1.29, 1.82) is 0 Å². The summed E-state index contributed by atoms with van der Waals surface area (Å²) in [5, 5.41) is 3.35. The molecule has 0 saturated heterocycles. The van der Waals surface area contributed by atoms with Crippen LogP contribution in [-0.4, -0.2) is 4.98 Å². The fourth-order valence-corrected chi connectivity index (χ4v) is 1.91. The largest absolute Gasteiger partial charge is 0.380 e. The van der Waals surface area contributed by atoms with E-state index in [-0.39, 0.29) is 0 Å². The Bertz CT molecular complexity index is 482. The minimum atomic E-state index is 0.484. The van der Waals surface area contributed by atoms with Gasteiger partial charge in [0.05, 0.1) is 5.69 Å². The molecule has 0 spiro atoms. The zero-order valence-electron chi connectivity index (χ0n) is 9.36. The van der Waals surface area contributed by atoms with Gasteiger partial charge < -0.3 is 11.1 Å². The second kappa shape index (κ2) is 5.80. The van der Waals surface area contributed by atoms with Crippen molar-refractivity contribution in [3.05, 3.63) is 58.3 Å². The Morgan fingerprint density at radius 1 is 1.18 bits per heavy atom. The highest BCUT2D eigenvalue weighted by Gasteiger charge is 1.98. The second-order valence-corrected chi connectivity index (χ2v) is 4.55. The number of anilines is 1. The van der Waals surface area contributed by atoms with E-state index in [9.17, 15) is 0 Å². The fraction of sp³-hybridized carbons (Fsp3) is 0.154. The van der Waals surface area contributed by atoms with Crippen LogP contribution in [0, 0.1) is 0 Å². The van der Waals surface area contributed by atoms with Gasteiger partial charge in [-0.3, -0.25) is 4.98 Å². The minimum Gasteiger partial charge on any atom is -0.380 e. The summed E-state index contributed by atoms with van der Waals surface area (Å²) < 4.78 is 1.06. The summed E-state index contributed by atoms with van der Waals surface area (Å²) in [4.78, 5) is 4.26. The van der Waals surface area contributed by atoms with Crippen molar-refractivity contribution in [2.75, 3.05) is 5.32 Å². The SMILES string of the molecule is NCc1ccc(CNc2ccccc2Br)cn1. The lowest BCUT2D eigenvalue weighted by atomic mass is 10.2. The molecule has 2 aromatic rings. The van der Waals surface area contributed by atoms with Crippen LogP contribution in [0.15, 0.2) is 47.1 Å². The number of benzene rings is 1. The van der Waals surface area contributed by atoms with E-state index in [0.717, 1.165) is 28.0 Å². The molecule has 4 heteroatoms. The molecule has 0 unspecified atom stereocenters. The quantitative estimate of drug-likeness (QED) is 0.911. The van der Waals surface area contributed by atoms with Crippen LogP contribution >= 0.6 is 15.9 Å². The van der Waals surface area contributed by atoms with Crippen molar-refractivity contribution >= 4 is 21.6 Å². The number of para-hydroxylation sites is 1. The average Bonchev–Trinajstić information content (AvgIpc) is 2.38.